The van der Waals surface area contributed by atoms with E-state index < -0.39 is 12.1 Å². The number of hydrogen-bond acceptors (Lipinski definition) is 5. The zero-order valence-electron chi connectivity index (χ0n) is 14.0. The van der Waals surface area contributed by atoms with Crippen LogP contribution in [0.3, 0.4) is 0 Å². The summed E-state index contributed by atoms with van der Waals surface area (Å²) in [6.07, 6.45) is 0.745. The van der Waals surface area contributed by atoms with Crippen molar-refractivity contribution in [1.82, 2.24) is 20.4 Å². The van der Waals surface area contributed by atoms with Gasteiger partial charge >= 0.3 is 6.03 Å². The molecule has 0 unspecified atom stereocenters. The average molecular weight is 343 g/mol. The van der Waals surface area contributed by atoms with Crippen LogP contribution in [0, 0.1) is 0 Å². The number of nitrogens with one attached hydrogen (secondary N) is 2. The Bertz CT molecular complexity index is 846. The number of carbonyl (C=O) groups excluding carboxylic acids is 2. The Kier molecular flexibility index (Phi) is 3.93. The van der Waals surface area contributed by atoms with E-state index in [2.05, 4.69) is 15.7 Å². The Balaban J connectivity index is 1.71. The van der Waals surface area contributed by atoms with Crippen LogP contribution >= 0.6 is 0 Å². The Morgan fingerprint density at radius 1 is 1.32 bits per heavy atom. The van der Waals surface area contributed by atoms with Gasteiger partial charge in [-0.15, -0.1) is 0 Å². The minimum absolute atomic E-state index is 0.0971. The Hall–Kier alpha value is -2.45. The lowest BCUT2D eigenvalue weighted by Gasteiger charge is -2.28. The predicted molar refractivity (Wildman–Crippen MR) is 92.5 cm³/mol. The van der Waals surface area contributed by atoms with Gasteiger partial charge in [-0.2, -0.15) is 5.10 Å². The number of imide groups is 1. The minimum Gasteiger partial charge on any atom is -0.391 e. The first-order chi connectivity index (χ1) is 12.0. The van der Waals surface area contributed by atoms with Crippen molar-refractivity contribution < 1.29 is 14.7 Å². The summed E-state index contributed by atoms with van der Waals surface area (Å²) in [5, 5.41) is 21.1. The second-order valence-corrected chi connectivity index (χ2v) is 6.65. The highest BCUT2D eigenvalue weighted by atomic mass is 16.3. The SMILES string of the molecule is Cn1nc(N2CCC(=O)NC2=O)c2ccc([C@H]3CCNC[C@H]3O)cc21. The van der Waals surface area contributed by atoms with E-state index in [1.165, 1.54) is 4.90 Å². The van der Waals surface area contributed by atoms with Crippen LogP contribution in [-0.4, -0.2) is 52.6 Å². The van der Waals surface area contributed by atoms with Gasteiger partial charge in [0, 0.05) is 37.9 Å². The summed E-state index contributed by atoms with van der Waals surface area (Å²) in [4.78, 5) is 25.0. The number of carbonyl (C=O) groups is 2. The summed E-state index contributed by atoms with van der Waals surface area (Å²) >= 11 is 0. The average Bonchev–Trinajstić information content (AvgIpc) is 2.91. The predicted octanol–water partition coefficient (Wildman–Crippen LogP) is 0.457. The number of piperidine rings is 1. The number of aliphatic hydroxyl groups is 1. The lowest BCUT2D eigenvalue weighted by atomic mass is 9.87. The van der Waals surface area contributed by atoms with Crippen molar-refractivity contribution in [3.05, 3.63) is 23.8 Å². The van der Waals surface area contributed by atoms with Gasteiger partial charge in [-0.3, -0.25) is 19.7 Å². The summed E-state index contributed by atoms with van der Waals surface area (Å²) in [7, 11) is 1.83. The first-order valence-corrected chi connectivity index (χ1v) is 8.51. The van der Waals surface area contributed by atoms with Crippen molar-refractivity contribution in [2.75, 3.05) is 24.5 Å². The first kappa shape index (κ1) is 16.0. The largest absolute Gasteiger partial charge is 0.391 e. The van der Waals surface area contributed by atoms with Crippen molar-refractivity contribution in [3.8, 4) is 0 Å². The Morgan fingerprint density at radius 3 is 2.92 bits per heavy atom. The van der Waals surface area contributed by atoms with Gasteiger partial charge in [0.25, 0.3) is 0 Å². The number of hydrogen-bond donors (Lipinski definition) is 3. The molecule has 25 heavy (non-hydrogen) atoms. The second kappa shape index (κ2) is 6.12. The van der Waals surface area contributed by atoms with E-state index in [4.69, 9.17) is 0 Å². The molecule has 1 aromatic carbocycles. The molecule has 2 aromatic rings. The fourth-order valence-corrected chi connectivity index (χ4v) is 3.68. The smallest absolute Gasteiger partial charge is 0.329 e. The number of anilines is 1. The number of nitrogens with zero attached hydrogens (tertiary/aromatic N) is 3. The highest BCUT2D eigenvalue weighted by Crippen LogP contribution is 2.32. The van der Waals surface area contributed by atoms with Gasteiger partial charge in [0.05, 0.1) is 11.6 Å². The first-order valence-electron chi connectivity index (χ1n) is 8.51. The summed E-state index contributed by atoms with van der Waals surface area (Å²) in [6.45, 7) is 1.81. The maximum absolute atomic E-state index is 12.1. The van der Waals surface area contributed by atoms with Crippen LogP contribution in [0.4, 0.5) is 10.6 Å². The zero-order chi connectivity index (χ0) is 17.6. The van der Waals surface area contributed by atoms with E-state index in [1.807, 2.05) is 25.2 Å². The van der Waals surface area contributed by atoms with E-state index in [0.29, 0.717) is 18.9 Å². The number of fused-ring (bicyclic) bond motifs is 1. The van der Waals surface area contributed by atoms with Gasteiger partial charge < -0.3 is 10.4 Å². The molecule has 0 aliphatic carbocycles. The number of benzene rings is 1. The Morgan fingerprint density at radius 2 is 2.16 bits per heavy atom. The molecule has 2 saturated heterocycles. The van der Waals surface area contributed by atoms with E-state index in [0.717, 1.165) is 29.4 Å². The van der Waals surface area contributed by atoms with Gasteiger partial charge in [-0.05, 0) is 30.7 Å². The third kappa shape index (κ3) is 2.77. The maximum atomic E-state index is 12.1. The lowest BCUT2D eigenvalue weighted by Crippen LogP contribution is -2.49. The molecule has 0 radical (unpaired) electrons. The number of amides is 3. The molecular weight excluding hydrogens is 322 g/mol. The summed E-state index contributed by atoms with van der Waals surface area (Å²) in [6, 6.07) is 5.55. The molecular formula is C17H21N5O3. The molecule has 0 spiro atoms. The van der Waals surface area contributed by atoms with E-state index in [9.17, 15) is 14.7 Å². The Labute approximate surface area is 144 Å². The number of aryl methyl sites for hydroxylation is 1. The van der Waals surface area contributed by atoms with Gasteiger partial charge in [-0.25, -0.2) is 4.79 Å². The molecule has 1 aromatic heterocycles. The maximum Gasteiger partial charge on any atom is 0.329 e. The third-order valence-electron chi connectivity index (χ3n) is 5.04. The molecule has 3 amide bonds. The number of β-amino-alcohol motifs (C(OH)–C–C–N with tert-alkyl or cyclic N) is 1. The van der Waals surface area contributed by atoms with Crippen molar-refractivity contribution in [2.24, 2.45) is 7.05 Å². The molecule has 0 saturated carbocycles. The van der Waals surface area contributed by atoms with Crippen LogP contribution < -0.4 is 15.5 Å². The molecule has 8 nitrogen and oxygen atoms in total. The van der Waals surface area contributed by atoms with Crippen molar-refractivity contribution in [1.29, 1.82) is 0 Å². The number of aromatic nitrogens is 2. The van der Waals surface area contributed by atoms with Crippen molar-refractivity contribution in [3.63, 3.8) is 0 Å². The van der Waals surface area contributed by atoms with Crippen LogP contribution in [0.25, 0.3) is 10.9 Å². The quantitative estimate of drug-likeness (QED) is 0.736. The van der Waals surface area contributed by atoms with Gasteiger partial charge in [0.2, 0.25) is 5.91 Å². The molecule has 4 rings (SSSR count). The summed E-state index contributed by atoms with van der Waals surface area (Å²) in [5.74, 6) is 0.392. The monoisotopic (exact) mass is 343 g/mol. The molecule has 132 valence electrons. The number of rotatable bonds is 2. The third-order valence-corrected chi connectivity index (χ3v) is 5.04. The highest BCUT2D eigenvalue weighted by molar-refractivity contribution is 6.08. The molecule has 2 atom stereocenters. The topological polar surface area (TPSA) is 99.5 Å². The van der Waals surface area contributed by atoms with Crippen molar-refractivity contribution in [2.45, 2.75) is 24.9 Å². The van der Waals surface area contributed by atoms with Crippen LogP contribution in [0.5, 0.6) is 0 Å². The summed E-state index contributed by atoms with van der Waals surface area (Å²) < 4.78 is 1.74. The minimum atomic E-state index is -0.436. The zero-order valence-corrected chi connectivity index (χ0v) is 14.0. The normalized spacial score (nSPS) is 24.6. The molecule has 3 heterocycles. The van der Waals surface area contributed by atoms with Gasteiger partial charge in [-0.1, -0.05) is 6.07 Å². The van der Waals surface area contributed by atoms with E-state index in [-0.39, 0.29) is 18.2 Å². The van der Waals surface area contributed by atoms with Crippen LogP contribution in [0.1, 0.15) is 24.3 Å². The standard InChI is InChI=1S/C17H21N5O3/c1-21-13-8-10(11-4-6-18-9-14(11)23)2-3-12(13)16(20-21)22-7-5-15(24)19-17(22)25/h2-3,8,11,14,18,23H,4-7,9H2,1H3,(H,19,24,25)/t11-,14-/m1/s1. The van der Waals surface area contributed by atoms with Gasteiger partial charge in [0.15, 0.2) is 5.82 Å². The second-order valence-electron chi connectivity index (χ2n) is 6.65. The molecule has 3 N–H and O–H groups in total. The van der Waals surface area contributed by atoms with Crippen LogP contribution in [0.2, 0.25) is 0 Å². The van der Waals surface area contributed by atoms with Crippen LogP contribution in [0.15, 0.2) is 18.2 Å². The molecule has 2 fully saturated rings. The molecule has 0 bridgehead atoms. The fraction of sp³-hybridized carbons (Fsp3) is 0.471. The van der Waals surface area contributed by atoms with E-state index in [1.54, 1.807) is 4.68 Å². The summed E-state index contributed by atoms with van der Waals surface area (Å²) in [5.41, 5.74) is 1.98. The van der Waals surface area contributed by atoms with Crippen LogP contribution in [-0.2, 0) is 11.8 Å². The molecule has 2 aliphatic rings. The number of urea groups is 1. The van der Waals surface area contributed by atoms with E-state index >= 15 is 0 Å². The highest BCUT2D eigenvalue weighted by Gasteiger charge is 2.29. The van der Waals surface area contributed by atoms with Crippen molar-refractivity contribution >= 4 is 28.7 Å². The molecule has 8 heteroatoms. The van der Waals surface area contributed by atoms with Gasteiger partial charge in [0.1, 0.15) is 0 Å². The lowest BCUT2D eigenvalue weighted by molar-refractivity contribution is -0.120. The molecule has 2 aliphatic heterocycles. The fourth-order valence-electron chi connectivity index (χ4n) is 3.68. The number of aliphatic hydroxyl groups excluding tert-OH is 1.